The highest BCUT2D eigenvalue weighted by Crippen LogP contribution is 2.28. The van der Waals surface area contributed by atoms with Gasteiger partial charge in [0, 0.05) is 25.9 Å². The summed E-state index contributed by atoms with van der Waals surface area (Å²) in [6.45, 7) is 11.4. The standard InChI is InChI=1S/C22H31NO3/c1-16(2)21(22-7-6-14-25-22)12-13-23(18(5)24)15-19-8-10-20(11-9-19)26-17(3)4/h6-11,14,16-17,21H,12-13,15H2,1-5H3/t21-/m0/s1. The Morgan fingerprint density at radius 3 is 2.31 bits per heavy atom. The van der Waals surface area contributed by atoms with Crippen LogP contribution in [-0.4, -0.2) is 23.5 Å². The monoisotopic (exact) mass is 357 g/mol. The molecule has 1 atom stereocenters. The highest BCUT2D eigenvalue weighted by molar-refractivity contribution is 5.73. The largest absolute Gasteiger partial charge is 0.491 e. The van der Waals surface area contributed by atoms with E-state index >= 15 is 0 Å². The number of rotatable bonds is 9. The van der Waals surface area contributed by atoms with E-state index in [-0.39, 0.29) is 12.0 Å². The Morgan fingerprint density at radius 2 is 1.81 bits per heavy atom. The van der Waals surface area contributed by atoms with Gasteiger partial charge in [0.25, 0.3) is 0 Å². The summed E-state index contributed by atoms with van der Waals surface area (Å²) in [5.41, 5.74) is 1.11. The number of ether oxygens (including phenoxy) is 1. The van der Waals surface area contributed by atoms with Gasteiger partial charge in [-0.15, -0.1) is 0 Å². The number of hydrogen-bond acceptors (Lipinski definition) is 3. The fourth-order valence-electron chi connectivity index (χ4n) is 3.12. The summed E-state index contributed by atoms with van der Waals surface area (Å²) < 4.78 is 11.3. The molecule has 2 rings (SSSR count). The first-order valence-corrected chi connectivity index (χ1v) is 9.41. The van der Waals surface area contributed by atoms with Crippen molar-refractivity contribution in [3.05, 3.63) is 54.0 Å². The highest BCUT2D eigenvalue weighted by Gasteiger charge is 2.20. The number of nitrogens with zero attached hydrogens (tertiary/aromatic N) is 1. The second-order valence-electron chi connectivity index (χ2n) is 7.41. The Morgan fingerprint density at radius 1 is 1.12 bits per heavy atom. The maximum atomic E-state index is 12.1. The second kappa shape index (κ2) is 9.46. The van der Waals surface area contributed by atoms with Crippen LogP contribution < -0.4 is 4.74 Å². The topological polar surface area (TPSA) is 42.7 Å². The molecule has 0 aliphatic heterocycles. The van der Waals surface area contributed by atoms with Gasteiger partial charge in [-0.3, -0.25) is 4.79 Å². The van der Waals surface area contributed by atoms with Crippen molar-refractivity contribution >= 4 is 5.91 Å². The van der Waals surface area contributed by atoms with Gasteiger partial charge in [-0.2, -0.15) is 0 Å². The number of amides is 1. The third-order valence-electron chi connectivity index (χ3n) is 4.54. The van der Waals surface area contributed by atoms with Crippen LogP contribution in [-0.2, 0) is 11.3 Å². The van der Waals surface area contributed by atoms with Crippen molar-refractivity contribution in [3.8, 4) is 5.75 Å². The minimum absolute atomic E-state index is 0.0921. The average molecular weight is 357 g/mol. The summed E-state index contributed by atoms with van der Waals surface area (Å²) in [6.07, 6.45) is 2.76. The Labute approximate surface area is 157 Å². The van der Waals surface area contributed by atoms with Crippen LogP contribution in [0.5, 0.6) is 5.75 Å². The fourth-order valence-corrected chi connectivity index (χ4v) is 3.12. The molecule has 0 N–H and O–H groups in total. The smallest absolute Gasteiger partial charge is 0.219 e. The van der Waals surface area contributed by atoms with E-state index in [2.05, 4.69) is 13.8 Å². The van der Waals surface area contributed by atoms with Crippen molar-refractivity contribution in [1.82, 2.24) is 4.90 Å². The van der Waals surface area contributed by atoms with Gasteiger partial charge in [-0.05, 0) is 56.0 Å². The van der Waals surface area contributed by atoms with Crippen molar-refractivity contribution in [3.63, 3.8) is 0 Å². The van der Waals surface area contributed by atoms with Gasteiger partial charge in [0.05, 0.1) is 12.4 Å². The van der Waals surface area contributed by atoms with Gasteiger partial charge in [0.2, 0.25) is 5.91 Å². The maximum Gasteiger partial charge on any atom is 0.219 e. The molecule has 26 heavy (non-hydrogen) atoms. The second-order valence-corrected chi connectivity index (χ2v) is 7.41. The minimum Gasteiger partial charge on any atom is -0.491 e. The molecule has 1 aromatic carbocycles. The predicted octanol–water partition coefficient (Wildman–Crippen LogP) is 5.25. The van der Waals surface area contributed by atoms with E-state index < -0.39 is 0 Å². The number of carbonyl (C=O) groups is 1. The summed E-state index contributed by atoms with van der Waals surface area (Å²) in [7, 11) is 0. The molecule has 1 heterocycles. The number of hydrogen-bond donors (Lipinski definition) is 0. The molecule has 2 aromatic rings. The molecule has 0 saturated heterocycles. The van der Waals surface area contributed by atoms with E-state index in [0.717, 1.165) is 23.5 Å². The van der Waals surface area contributed by atoms with Crippen molar-refractivity contribution in [2.24, 2.45) is 5.92 Å². The SMILES string of the molecule is CC(=O)N(CC[C@H](c1ccco1)C(C)C)Cc1ccc(OC(C)C)cc1. The van der Waals surface area contributed by atoms with Gasteiger partial charge in [0.15, 0.2) is 0 Å². The molecule has 4 heteroatoms. The lowest BCUT2D eigenvalue weighted by molar-refractivity contribution is -0.129. The van der Waals surface area contributed by atoms with Crippen LogP contribution in [0.15, 0.2) is 47.1 Å². The van der Waals surface area contributed by atoms with Crippen LogP contribution in [0.25, 0.3) is 0 Å². The predicted molar refractivity (Wildman–Crippen MR) is 104 cm³/mol. The van der Waals surface area contributed by atoms with Crippen LogP contribution in [0.1, 0.15) is 58.3 Å². The Bertz CT molecular complexity index is 659. The third-order valence-corrected chi connectivity index (χ3v) is 4.54. The van der Waals surface area contributed by atoms with Crippen molar-refractivity contribution in [2.45, 2.75) is 59.6 Å². The molecule has 142 valence electrons. The quantitative estimate of drug-likeness (QED) is 0.616. The van der Waals surface area contributed by atoms with Gasteiger partial charge >= 0.3 is 0 Å². The van der Waals surface area contributed by atoms with Crippen molar-refractivity contribution in [1.29, 1.82) is 0 Å². The molecule has 0 radical (unpaired) electrons. The van der Waals surface area contributed by atoms with E-state index in [1.165, 1.54) is 0 Å². The molecule has 1 aromatic heterocycles. The normalized spacial score (nSPS) is 12.4. The lowest BCUT2D eigenvalue weighted by atomic mass is 9.90. The van der Waals surface area contributed by atoms with Crippen LogP contribution in [0.4, 0.5) is 0 Å². The summed E-state index contributed by atoms with van der Waals surface area (Å²) in [4.78, 5) is 14.0. The zero-order valence-electron chi connectivity index (χ0n) is 16.6. The minimum atomic E-state index is 0.0921. The first kappa shape index (κ1) is 20.1. The van der Waals surface area contributed by atoms with E-state index in [9.17, 15) is 4.79 Å². The lowest BCUT2D eigenvalue weighted by Crippen LogP contribution is -2.30. The Hall–Kier alpha value is -2.23. The molecule has 0 aliphatic carbocycles. The Kier molecular flexibility index (Phi) is 7.31. The maximum absolute atomic E-state index is 12.1. The molecule has 0 fully saturated rings. The highest BCUT2D eigenvalue weighted by atomic mass is 16.5. The van der Waals surface area contributed by atoms with Crippen molar-refractivity contribution in [2.75, 3.05) is 6.54 Å². The first-order valence-electron chi connectivity index (χ1n) is 9.41. The van der Waals surface area contributed by atoms with Crippen molar-refractivity contribution < 1.29 is 13.9 Å². The van der Waals surface area contributed by atoms with Gasteiger partial charge in [-0.25, -0.2) is 0 Å². The molecular weight excluding hydrogens is 326 g/mol. The summed E-state index contributed by atoms with van der Waals surface area (Å²) in [6, 6.07) is 11.9. The fraction of sp³-hybridized carbons (Fsp3) is 0.500. The van der Waals surface area contributed by atoms with E-state index in [1.807, 2.05) is 55.1 Å². The zero-order chi connectivity index (χ0) is 19.1. The van der Waals surface area contributed by atoms with Crippen LogP contribution in [0, 0.1) is 5.92 Å². The van der Waals surface area contributed by atoms with Gasteiger partial charge in [0.1, 0.15) is 11.5 Å². The number of carbonyl (C=O) groups excluding carboxylic acids is 1. The molecule has 0 aliphatic rings. The third kappa shape index (κ3) is 5.94. The molecule has 0 saturated carbocycles. The molecule has 0 spiro atoms. The van der Waals surface area contributed by atoms with Crippen LogP contribution >= 0.6 is 0 Å². The van der Waals surface area contributed by atoms with Crippen LogP contribution in [0.2, 0.25) is 0 Å². The summed E-state index contributed by atoms with van der Waals surface area (Å²) >= 11 is 0. The molecule has 4 nitrogen and oxygen atoms in total. The van der Waals surface area contributed by atoms with E-state index in [4.69, 9.17) is 9.15 Å². The van der Waals surface area contributed by atoms with Gasteiger partial charge in [-0.1, -0.05) is 26.0 Å². The summed E-state index contributed by atoms with van der Waals surface area (Å²) in [5.74, 6) is 2.72. The van der Waals surface area contributed by atoms with Crippen LogP contribution in [0.3, 0.4) is 0 Å². The average Bonchev–Trinajstić information content (AvgIpc) is 3.08. The lowest BCUT2D eigenvalue weighted by Gasteiger charge is -2.25. The number of furan rings is 1. The zero-order valence-corrected chi connectivity index (χ0v) is 16.6. The molecule has 0 unspecified atom stereocenters. The first-order chi connectivity index (χ1) is 12.4. The van der Waals surface area contributed by atoms with E-state index in [0.29, 0.717) is 24.9 Å². The molecule has 1 amide bonds. The van der Waals surface area contributed by atoms with E-state index in [1.54, 1.807) is 13.2 Å². The number of benzene rings is 1. The molecular formula is C22H31NO3. The molecule has 0 bridgehead atoms. The van der Waals surface area contributed by atoms with Gasteiger partial charge < -0.3 is 14.1 Å². The Balaban J connectivity index is 1.99. The summed E-state index contributed by atoms with van der Waals surface area (Å²) in [5, 5.41) is 0.